The van der Waals surface area contributed by atoms with Crippen LogP contribution in [0.25, 0.3) is 0 Å². The number of nitrogens with one attached hydrogen (secondary N) is 1. The molecule has 3 N–H and O–H groups in total. The number of ether oxygens (including phenoxy) is 1. The first-order valence-electron chi connectivity index (χ1n) is 8.80. The number of nitrogens with two attached hydrogens (primary N) is 1. The van der Waals surface area contributed by atoms with Crippen molar-refractivity contribution in [3.63, 3.8) is 0 Å². The van der Waals surface area contributed by atoms with Gasteiger partial charge in [0, 0.05) is 26.2 Å². The van der Waals surface area contributed by atoms with E-state index in [0.29, 0.717) is 38.2 Å². The number of aliphatic imine (C=N–C) groups is 1. The quantitative estimate of drug-likeness (QED) is 0.595. The standard InChI is InChI=1S/C18H27F3N4O/c1-13(2)11-23-17(22)24-12-16(25-7-9-26-10-8-25)14-3-5-15(6-4-14)18(19,20)21/h3-6,13,16H,7-12H2,1-2H3,(H3,22,23,24). The Morgan fingerprint density at radius 1 is 1.23 bits per heavy atom. The molecule has 2 rings (SSSR count). The van der Waals surface area contributed by atoms with Gasteiger partial charge in [-0.25, -0.2) is 0 Å². The molecule has 0 radical (unpaired) electrons. The number of benzene rings is 1. The Kier molecular flexibility index (Phi) is 7.28. The molecule has 1 saturated heterocycles. The highest BCUT2D eigenvalue weighted by Gasteiger charge is 2.31. The first-order chi connectivity index (χ1) is 12.3. The van der Waals surface area contributed by atoms with Crippen molar-refractivity contribution in [1.29, 1.82) is 0 Å². The molecule has 0 aromatic heterocycles. The molecule has 0 bridgehead atoms. The van der Waals surface area contributed by atoms with Crippen LogP contribution in [0.15, 0.2) is 29.3 Å². The van der Waals surface area contributed by atoms with Crippen LogP contribution in [-0.4, -0.2) is 50.3 Å². The molecule has 1 aromatic carbocycles. The molecular formula is C18H27F3N4O. The highest BCUT2D eigenvalue weighted by atomic mass is 19.4. The highest BCUT2D eigenvalue weighted by Crippen LogP contribution is 2.31. The molecule has 1 atom stereocenters. The SMILES string of the molecule is CC(C)CN=C(N)NCC(c1ccc(C(F)(F)F)cc1)N1CCOCC1. The maximum Gasteiger partial charge on any atom is 0.416 e. The predicted molar refractivity (Wildman–Crippen MR) is 95.9 cm³/mol. The minimum Gasteiger partial charge on any atom is -0.379 e. The van der Waals surface area contributed by atoms with Crippen LogP contribution < -0.4 is 11.1 Å². The van der Waals surface area contributed by atoms with Gasteiger partial charge in [-0.15, -0.1) is 0 Å². The van der Waals surface area contributed by atoms with Gasteiger partial charge in [0.05, 0.1) is 24.8 Å². The zero-order valence-electron chi connectivity index (χ0n) is 15.2. The Morgan fingerprint density at radius 3 is 2.38 bits per heavy atom. The minimum absolute atomic E-state index is 0.103. The molecule has 1 fully saturated rings. The van der Waals surface area contributed by atoms with E-state index in [9.17, 15) is 13.2 Å². The summed E-state index contributed by atoms with van der Waals surface area (Å²) in [4.78, 5) is 6.46. The predicted octanol–water partition coefficient (Wildman–Crippen LogP) is 2.64. The van der Waals surface area contributed by atoms with Crippen LogP contribution in [0.2, 0.25) is 0 Å². The molecule has 8 heteroatoms. The van der Waals surface area contributed by atoms with Gasteiger partial charge in [-0.05, 0) is 23.6 Å². The molecule has 1 unspecified atom stereocenters. The number of hydrogen-bond acceptors (Lipinski definition) is 3. The Bertz CT molecular complexity index is 581. The van der Waals surface area contributed by atoms with Crippen molar-refractivity contribution < 1.29 is 17.9 Å². The van der Waals surface area contributed by atoms with Crippen LogP contribution in [0.3, 0.4) is 0 Å². The first kappa shape index (κ1) is 20.5. The van der Waals surface area contributed by atoms with E-state index in [-0.39, 0.29) is 6.04 Å². The van der Waals surface area contributed by atoms with E-state index in [0.717, 1.165) is 30.8 Å². The summed E-state index contributed by atoms with van der Waals surface area (Å²) in [5.74, 6) is 0.754. The number of alkyl halides is 3. The lowest BCUT2D eigenvalue weighted by Gasteiger charge is -2.35. The number of nitrogens with zero attached hydrogens (tertiary/aromatic N) is 2. The number of hydrogen-bond donors (Lipinski definition) is 2. The molecule has 26 heavy (non-hydrogen) atoms. The maximum absolute atomic E-state index is 12.8. The van der Waals surface area contributed by atoms with Crippen LogP contribution in [0.1, 0.15) is 31.0 Å². The average molecular weight is 372 g/mol. The fourth-order valence-corrected chi connectivity index (χ4v) is 2.78. The van der Waals surface area contributed by atoms with Crippen molar-refractivity contribution >= 4 is 5.96 Å². The third-order valence-electron chi connectivity index (χ3n) is 4.21. The van der Waals surface area contributed by atoms with Crippen molar-refractivity contribution in [2.75, 3.05) is 39.4 Å². The number of rotatable bonds is 6. The maximum atomic E-state index is 12.8. The second-order valence-electron chi connectivity index (χ2n) is 6.78. The van der Waals surface area contributed by atoms with Gasteiger partial charge in [-0.2, -0.15) is 13.2 Å². The summed E-state index contributed by atoms with van der Waals surface area (Å²) in [5.41, 5.74) is 6.07. The van der Waals surface area contributed by atoms with E-state index >= 15 is 0 Å². The van der Waals surface area contributed by atoms with E-state index in [1.807, 2.05) is 0 Å². The van der Waals surface area contributed by atoms with Crippen molar-refractivity contribution in [2.24, 2.45) is 16.6 Å². The van der Waals surface area contributed by atoms with E-state index in [2.05, 4.69) is 29.1 Å². The minimum atomic E-state index is -4.33. The molecule has 0 aliphatic carbocycles. The second-order valence-corrected chi connectivity index (χ2v) is 6.78. The molecule has 146 valence electrons. The van der Waals surface area contributed by atoms with E-state index < -0.39 is 11.7 Å². The summed E-state index contributed by atoms with van der Waals surface area (Å²) in [5, 5.41) is 3.10. The third kappa shape index (κ3) is 6.17. The molecule has 1 aliphatic heterocycles. The number of guanidine groups is 1. The van der Waals surface area contributed by atoms with E-state index in [1.165, 1.54) is 12.1 Å². The van der Waals surface area contributed by atoms with E-state index in [4.69, 9.17) is 10.5 Å². The smallest absolute Gasteiger partial charge is 0.379 e. The van der Waals surface area contributed by atoms with Crippen molar-refractivity contribution in [2.45, 2.75) is 26.1 Å². The Hall–Kier alpha value is -1.80. The van der Waals surface area contributed by atoms with Gasteiger partial charge in [0.2, 0.25) is 0 Å². The van der Waals surface area contributed by atoms with Crippen molar-refractivity contribution in [1.82, 2.24) is 10.2 Å². The van der Waals surface area contributed by atoms with Gasteiger partial charge in [0.1, 0.15) is 0 Å². The fourth-order valence-electron chi connectivity index (χ4n) is 2.78. The zero-order chi connectivity index (χ0) is 19.2. The Labute approximate surface area is 152 Å². The summed E-state index contributed by atoms with van der Waals surface area (Å²) < 4.78 is 43.8. The highest BCUT2D eigenvalue weighted by molar-refractivity contribution is 5.77. The zero-order valence-corrected chi connectivity index (χ0v) is 15.2. The Balaban J connectivity index is 2.12. The topological polar surface area (TPSA) is 62.9 Å². The lowest BCUT2D eigenvalue weighted by atomic mass is 10.0. The van der Waals surface area contributed by atoms with Gasteiger partial charge in [0.15, 0.2) is 5.96 Å². The van der Waals surface area contributed by atoms with Crippen molar-refractivity contribution in [3.05, 3.63) is 35.4 Å². The number of halogens is 3. The molecule has 1 aliphatic rings. The summed E-state index contributed by atoms with van der Waals surface area (Å²) in [6.07, 6.45) is -4.33. The van der Waals surface area contributed by atoms with Crippen LogP contribution in [-0.2, 0) is 10.9 Å². The fraction of sp³-hybridized carbons (Fsp3) is 0.611. The van der Waals surface area contributed by atoms with Crippen LogP contribution >= 0.6 is 0 Å². The summed E-state index contributed by atoms with van der Waals surface area (Å²) in [6.45, 7) is 7.85. The van der Waals surface area contributed by atoms with Crippen LogP contribution in [0, 0.1) is 5.92 Å². The van der Waals surface area contributed by atoms with Gasteiger partial charge in [-0.1, -0.05) is 26.0 Å². The Morgan fingerprint density at radius 2 is 1.85 bits per heavy atom. The molecule has 0 saturated carbocycles. The van der Waals surface area contributed by atoms with Gasteiger partial charge in [0.25, 0.3) is 0 Å². The monoisotopic (exact) mass is 372 g/mol. The van der Waals surface area contributed by atoms with Crippen molar-refractivity contribution in [3.8, 4) is 0 Å². The molecule has 1 heterocycles. The summed E-state index contributed by atoms with van der Waals surface area (Å²) >= 11 is 0. The third-order valence-corrected chi connectivity index (χ3v) is 4.21. The largest absolute Gasteiger partial charge is 0.416 e. The van der Waals surface area contributed by atoms with Gasteiger partial charge < -0.3 is 15.8 Å². The van der Waals surface area contributed by atoms with Gasteiger partial charge in [-0.3, -0.25) is 9.89 Å². The van der Waals surface area contributed by atoms with Crippen LogP contribution in [0.4, 0.5) is 13.2 Å². The molecule has 1 aromatic rings. The normalized spacial score (nSPS) is 18.2. The molecule has 5 nitrogen and oxygen atoms in total. The second kappa shape index (κ2) is 9.23. The summed E-state index contributed by atoms with van der Waals surface area (Å²) in [7, 11) is 0. The lowest BCUT2D eigenvalue weighted by Crippen LogP contribution is -2.45. The number of morpholine rings is 1. The van der Waals surface area contributed by atoms with Crippen LogP contribution in [0.5, 0.6) is 0 Å². The summed E-state index contributed by atoms with van der Waals surface area (Å²) in [6, 6.07) is 5.21. The lowest BCUT2D eigenvalue weighted by molar-refractivity contribution is -0.137. The molecule has 0 amide bonds. The molecular weight excluding hydrogens is 345 g/mol. The average Bonchev–Trinajstić information content (AvgIpc) is 2.61. The van der Waals surface area contributed by atoms with Gasteiger partial charge >= 0.3 is 6.18 Å². The first-order valence-corrected chi connectivity index (χ1v) is 8.80. The molecule has 0 spiro atoms. The van der Waals surface area contributed by atoms with E-state index in [1.54, 1.807) is 0 Å².